The normalized spacial score (nSPS) is 12.1. The molecule has 0 aliphatic carbocycles. The number of halogens is 1. The van der Waals surface area contributed by atoms with Crippen molar-refractivity contribution in [3.05, 3.63) is 52.2 Å². The van der Waals surface area contributed by atoms with Crippen molar-refractivity contribution in [1.82, 2.24) is 20.2 Å². The van der Waals surface area contributed by atoms with E-state index >= 15 is 0 Å². The third-order valence-corrected chi connectivity index (χ3v) is 6.53. The lowest BCUT2D eigenvalue weighted by molar-refractivity contribution is 0.0531. The van der Waals surface area contributed by atoms with Crippen LogP contribution in [0.15, 0.2) is 33.9 Å². The quantitative estimate of drug-likeness (QED) is 0.274. The second-order valence-corrected chi connectivity index (χ2v) is 8.82. The van der Waals surface area contributed by atoms with Gasteiger partial charge in [-0.3, -0.25) is 0 Å². The standard InChI is InChI=1S/C21H20FN5O4S2/c1-4-29-20(28)16-10(2)15-17(23)24-14(25-19(15)33-16)9-32-21-27-26-18(31-21)11(3)30-13-7-5-12(22)6-8-13/h5-8,11H,4,9H2,1-3H3,(H2,23,24,25)/t11-/m1/s1. The summed E-state index contributed by atoms with van der Waals surface area (Å²) in [7, 11) is 0. The molecule has 4 aromatic rings. The van der Waals surface area contributed by atoms with Gasteiger partial charge in [0.1, 0.15) is 32.9 Å². The number of nitrogen functional groups attached to an aromatic ring is 1. The minimum absolute atomic E-state index is 0.283. The van der Waals surface area contributed by atoms with Crippen LogP contribution in [0.25, 0.3) is 10.2 Å². The lowest BCUT2D eigenvalue weighted by Crippen LogP contribution is -2.03. The van der Waals surface area contributed by atoms with E-state index in [1.807, 2.05) is 0 Å². The van der Waals surface area contributed by atoms with Crippen molar-refractivity contribution >= 4 is 45.1 Å². The number of benzene rings is 1. The van der Waals surface area contributed by atoms with Crippen LogP contribution in [0.3, 0.4) is 0 Å². The number of rotatable bonds is 8. The molecule has 0 saturated heterocycles. The van der Waals surface area contributed by atoms with Crippen LogP contribution in [-0.2, 0) is 10.5 Å². The van der Waals surface area contributed by atoms with Gasteiger partial charge in [-0.05, 0) is 50.6 Å². The van der Waals surface area contributed by atoms with E-state index in [4.69, 9.17) is 19.6 Å². The van der Waals surface area contributed by atoms with Gasteiger partial charge < -0.3 is 19.6 Å². The first-order valence-corrected chi connectivity index (χ1v) is 11.8. The second kappa shape index (κ2) is 9.71. The molecule has 33 heavy (non-hydrogen) atoms. The number of esters is 1. The Labute approximate surface area is 196 Å². The molecule has 0 unspecified atom stereocenters. The minimum atomic E-state index is -0.518. The van der Waals surface area contributed by atoms with Gasteiger partial charge in [0.15, 0.2) is 6.10 Å². The van der Waals surface area contributed by atoms with E-state index in [0.29, 0.717) is 49.0 Å². The van der Waals surface area contributed by atoms with Crippen LogP contribution in [0.2, 0.25) is 0 Å². The zero-order chi connectivity index (χ0) is 23.5. The number of nitrogens with zero attached hydrogens (tertiary/aromatic N) is 4. The van der Waals surface area contributed by atoms with Crippen LogP contribution in [0, 0.1) is 12.7 Å². The molecule has 4 rings (SSSR count). The summed E-state index contributed by atoms with van der Waals surface area (Å²) < 4.78 is 29.5. The van der Waals surface area contributed by atoms with E-state index in [-0.39, 0.29) is 18.3 Å². The lowest BCUT2D eigenvalue weighted by atomic mass is 10.2. The molecule has 0 aliphatic rings. The van der Waals surface area contributed by atoms with Crippen molar-refractivity contribution in [2.75, 3.05) is 12.3 Å². The molecule has 12 heteroatoms. The zero-order valence-corrected chi connectivity index (χ0v) is 19.6. The Kier molecular flexibility index (Phi) is 6.75. The summed E-state index contributed by atoms with van der Waals surface area (Å²) >= 11 is 2.48. The van der Waals surface area contributed by atoms with Crippen LogP contribution < -0.4 is 10.5 Å². The maximum atomic E-state index is 13.0. The highest BCUT2D eigenvalue weighted by atomic mass is 32.2. The number of hydrogen-bond acceptors (Lipinski definition) is 11. The largest absolute Gasteiger partial charge is 0.481 e. The third-order valence-electron chi connectivity index (χ3n) is 4.55. The molecule has 0 fully saturated rings. The van der Waals surface area contributed by atoms with Crippen molar-refractivity contribution in [2.45, 2.75) is 37.9 Å². The van der Waals surface area contributed by atoms with E-state index in [9.17, 15) is 9.18 Å². The molecule has 3 heterocycles. The predicted octanol–water partition coefficient (Wildman–Crippen LogP) is 4.71. The molecule has 1 aromatic carbocycles. The smallest absolute Gasteiger partial charge is 0.348 e. The molecular weight excluding hydrogens is 469 g/mol. The number of carbonyl (C=O) groups excluding carboxylic acids is 1. The fraction of sp³-hybridized carbons (Fsp3) is 0.286. The summed E-state index contributed by atoms with van der Waals surface area (Å²) in [5.74, 6) is 1.13. The highest BCUT2D eigenvalue weighted by Crippen LogP contribution is 2.34. The monoisotopic (exact) mass is 489 g/mol. The summed E-state index contributed by atoms with van der Waals surface area (Å²) in [5.41, 5.74) is 6.85. The summed E-state index contributed by atoms with van der Waals surface area (Å²) in [6.45, 7) is 5.59. The average molecular weight is 490 g/mol. The molecule has 0 saturated carbocycles. The van der Waals surface area contributed by atoms with E-state index < -0.39 is 12.1 Å². The zero-order valence-electron chi connectivity index (χ0n) is 18.0. The predicted molar refractivity (Wildman–Crippen MR) is 122 cm³/mol. The highest BCUT2D eigenvalue weighted by Gasteiger charge is 2.21. The van der Waals surface area contributed by atoms with E-state index in [1.165, 1.54) is 47.4 Å². The first-order chi connectivity index (χ1) is 15.9. The molecule has 0 amide bonds. The molecule has 0 radical (unpaired) electrons. The van der Waals surface area contributed by atoms with Crippen LogP contribution in [0.4, 0.5) is 10.2 Å². The van der Waals surface area contributed by atoms with E-state index in [1.54, 1.807) is 20.8 Å². The molecule has 0 spiro atoms. The number of ether oxygens (including phenoxy) is 2. The Morgan fingerprint density at radius 3 is 2.76 bits per heavy atom. The molecule has 1 atom stereocenters. The van der Waals surface area contributed by atoms with Gasteiger partial charge in [-0.15, -0.1) is 21.5 Å². The molecular formula is C21H20FN5O4S2. The summed E-state index contributed by atoms with van der Waals surface area (Å²) in [6, 6.07) is 5.67. The number of fused-ring (bicyclic) bond motifs is 1. The van der Waals surface area contributed by atoms with E-state index in [0.717, 1.165) is 0 Å². The first-order valence-electron chi connectivity index (χ1n) is 9.96. The van der Waals surface area contributed by atoms with Crippen LogP contribution in [0.5, 0.6) is 5.75 Å². The number of hydrogen-bond donors (Lipinski definition) is 1. The average Bonchev–Trinajstić information content (AvgIpc) is 3.39. The summed E-state index contributed by atoms with van der Waals surface area (Å²) in [5, 5.41) is 9.00. The number of aromatic nitrogens is 4. The van der Waals surface area contributed by atoms with Crippen LogP contribution in [0.1, 0.15) is 46.9 Å². The number of nitrogens with two attached hydrogens (primary N) is 1. The van der Waals surface area contributed by atoms with Gasteiger partial charge in [-0.2, -0.15) is 0 Å². The Balaban J connectivity index is 1.45. The second-order valence-electron chi connectivity index (χ2n) is 6.89. The minimum Gasteiger partial charge on any atom is -0.481 e. The molecule has 2 N–H and O–H groups in total. The third kappa shape index (κ3) is 5.06. The maximum Gasteiger partial charge on any atom is 0.348 e. The number of anilines is 1. The number of carbonyl (C=O) groups is 1. The Morgan fingerprint density at radius 2 is 2.03 bits per heavy atom. The van der Waals surface area contributed by atoms with Gasteiger partial charge in [-0.25, -0.2) is 19.2 Å². The highest BCUT2D eigenvalue weighted by molar-refractivity contribution is 7.98. The van der Waals surface area contributed by atoms with Crippen molar-refractivity contribution in [2.24, 2.45) is 0 Å². The molecule has 0 bridgehead atoms. The van der Waals surface area contributed by atoms with Crippen LogP contribution in [-0.4, -0.2) is 32.7 Å². The summed E-state index contributed by atoms with van der Waals surface area (Å²) in [4.78, 5) is 22.1. The van der Waals surface area contributed by atoms with Crippen LogP contribution >= 0.6 is 23.1 Å². The number of thioether (sulfide) groups is 1. The molecule has 172 valence electrons. The van der Waals surface area contributed by atoms with Gasteiger partial charge in [0, 0.05) is 0 Å². The Bertz CT molecular complexity index is 1290. The fourth-order valence-corrected chi connectivity index (χ4v) is 4.73. The Hall–Kier alpha value is -3.25. The van der Waals surface area contributed by atoms with Crippen molar-refractivity contribution in [1.29, 1.82) is 0 Å². The van der Waals surface area contributed by atoms with Crippen molar-refractivity contribution < 1.29 is 23.1 Å². The van der Waals surface area contributed by atoms with Gasteiger partial charge in [-0.1, -0.05) is 11.8 Å². The Morgan fingerprint density at radius 1 is 1.27 bits per heavy atom. The first kappa shape index (κ1) is 22.9. The summed E-state index contributed by atoms with van der Waals surface area (Å²) in [6.07, 6.45) is -0.518. The number of aryl methyl sites for hydroxylation is 1. The molecule has 9 nitrogen and oxygen atoms in total. The van der Waals surface area contributed by atoms with E-state index in [2.05, 4.69) is 20.2 Å². The SMILES string of the molecule is CCOC(=O)c1sc2nc(CSc3nnc([C@@H](C)Oc4ccc(F)cc4)o3)nc(N)c2c1C. The van der Waals surface area contributed by atoms with Gasteiger partial charge >= 0.3 is 5.97 Å². The van der Waals surface area contributed by atoms with Gasteiger partial charge in [0.2, 0.25) is 0 Å². The van der Waals surface area contributed by atoms with Crippen molar-refractivity contribution in [3.8, 4) is 5.75 Å². The van der Waals surface area contributed by atoms with Gasteiger partial charge in [0.25, 0.3) is 11.1 Å². The number of thiophene rings is 1. The maximum absolute atomic E-state index is 13.0. The van der Waals surface area contributed by atoms with Crippen molar-refractivity contribution in [3.63, 3.8) is 0 Å². The van der Waals surface area contributed by atoms with Gasteiger partial charge in [0.05, 0.1) is 17.7 Å². The molecule has 0 aliphatic heterocycles. The fourth-order valence-electron chi connectivity index (χ4n) is 3.01. The topological polar surface area (TPSA) is 126 Å². The lowest BCUT2D eigenvalue weighted by Gasteiger charge is -2.10. The molecule has 3 aromatic heterocycles.